The minimum absolute atomic E-state index is 0.579. The molecule has 1 heterocycles. The lowest BCUT2D eigenvalue weighted by molar-refractivity contribution is 0.777. The number of anilines is 1. The Morgan fingerprint density at radius 1 is 1.41 bits per heavy atom. The first-order chi connectivity index (χ1) is 8.11. The number of aryl methyl sites for hydroxylation is 1. The summed E-state index contributed by atoms with van der Waals surface area (Å²) in [6.07, 6.45) is 3.25. The Bertz CT molecular complexity index is 406. The molecule has 1 N–H and O–H groups in total. The Morgan fingerprint density at radius 2 is 2.12 bits per heavy atom. The maximum atomic E-state index is 6.12. The molecule has 1 aromatic rings. The Kier molecular flexibility index (Phi) is 3.87. The number of hydrogen-bond acceptors (Lipinski definition) is 3. The number of nitrogens with zero attached hydrogens (tertiary/aromatic N) is 2. The average molecular weight is 254 g/mol. The van der Waals surface area contributed by atoms with Crippen LogP contribution in [-0.4, -0.2) is 16.5 Å². The van der Waals surface area contributed by atoms with Crippen molar-refractivity contribution in [1.82, 2.24) is 9.97 Å². The molecule has 1 aliphatic carbocycles. The molecule has 1 aliphatic rings. The molecule has 1 fully saturated rings. The van der Waals surface area contributed by atoms with E-state index in [1.807, 2.05) is 6.92 Å². The third kappa shape index (κ3) is 3.09. The van der Waals surface area contributed by atoms with Crippen LogP contribution in [0.1, 0.15) is 38.1 Å². The first-order valence-corrected chi connectivity index (χ1v) is 6.76. The van der Waals surface area contributed by atoms with Crippen molar-refractivity contribution < 1.29 is 0 Å². The molecule has 1 saturated carbocycles. The summed E-state index contributed by atoms with van der Waals surface area (Å²) in [5.74, 6) is 3.41. The molecule has 0 saturated heterocycles. The van der Waals surface area contributed by atoms with E-state index in [2.05, 4.69) is 29.1 Å². The fourth-order valence-electron chi connectivity index (χ4n) is 1.95. The van der Waals surface area contributed by atoms with Crippen molar-refractivity contribution in [2.75, 3.05) is 11.9 Å². The second-order valence-electron chi connectivity index (χ2n) is 5.01. The van der Waals surface area contributed by atoms with Crippen molar-refractivity contribution in [3.05, 3.63) is 16.5 Å². The van der Waals surface area contributed by atoms with Gasteiger partial charge in [-0.1, -0.05) is 25.4 Å². The standard InChI is InChI=1S/C13H20ClN3/c1-4-5-11-16-12(14)9(3)13(17-11)15-7-10-6-8(10)2/h8,10H,4-7H2,1-3H3,(H,15,16,17). The van der Waals surface area contributed by atoms with E-state index in [9.17, 15) is 0 Å². The highest BCUT2D eigenvalue weighted by atomic mass is 35.5. The monoisotopic (exact) mass is 253 g/mol. The van der Waals surface area contributed by atoms with Gasteiger partial charge in [0.1, 0.15) is 16.8 Å². The second-order valence-corrected chi connectivity index (χ2v) is 5.37. The molecule has 17 heavy (non-hydrogen) atoms. The summed E-state index contributed by atoms with van der Waals surface area (Å²) in [7, 11) is 0. The molecule has 1 aromatic heterocycles. The van der Waals surface area contributed by atoms with Crippen molar-refractivity contribution in [2.45, 2.75) is 40.0 Å². The Balaban J connectivity index is 2.07. The topological polar surface area (TPSA) is 37.8 Å². The summed E-state index contributed by atoms with van der Waals surface area (Å²) in [6.45, 7) is 7.38. The quantitative estimate of drug-likeness (QED) is 0.817. The Labute approximate surface area is 108 Å². The van der Waals surface area contributed by atoms with Gasteiger partial charge in [0.25, 0.3) is 0 Å². The number of hydrogen-bond donors (Lipinski definition) is 1. The third-order valence-corrected chi connectivity index (χ3v) is 3.78. The highest BCUT2D eigenvalue weighted by Gasteiger charge is 2.32. The van der Waals surface area contributed by atoms with Gasteiger partial charge in [-0.05, 0) is 31.6 Å². The summed E-state index contributed by atoms with van der Waals surface area (Å²) in [4.78, 5) is 8.84. The Hall–Kier alpha value is -0.830. The number of halogens is 1. The molecule has 0 spiro atoms. The fraction of sp³-hybridized carbons (Fsp3) is 0.692. The van der Waals surface area contributed by atoms with E-state index in [0.29, 0.717) is 5.15 Å². The highest BCUT2D eigenvalue weighted by molar-refractivity contribution is 6.30. The normalized spacial score (nSPS) is 22.6. The molecule has 3 nitrogen and oxygen atoms in total. The van der Waals surface area contributed by atoms with Gasteiger partial charge in [0.2, 0.25) is 0 Å². The first kappa shape index (κ1) is 12.6. The molecule has 0 radical (unpaired) electrons. The summed E-state index contributed by atoms with van der Waals surface area (Å²) in [5, 5.41) is 3.99. The molecule has 0 aromatic carbocycles. The van der Waals surface area contributed by atoms with Crippen LogP contribution in [0.15, 0.2) is 0 Å². The zero-order valence-corrected chi connectivity index (χ0v) is 11.5. The summed E-state index contributed by atoms with van der Waals surface area (Å²) in [6, 6.07) is 0. The van der Waals surface area contributed by atoms with Crippen LogP contribution in [0.4, 0.5) is 5.82 Å². The van der Waals surface area contributed by atoms with Gasteiger partial charge in [-0.2, -0.15) is 0 Å². The summed E-state index contributed by atoms with van der Waals surface area (Å²) < 4.78 is 0. The number of rotatable bonds is 5. The molecule has 0 aliphatic heterocycles. The van der Waals surface area contributed by atoms with Gasteiger partial charge >= 0.3 is 0 Å². The maximum Gasteiger partial charge on any atom is 0.137 e. The van der Waals surface area contributed by atoms with Crippen molar-refractivity contribution in [1.29, 1.82) is 0 Å². The lowest BCUT2D eigenvalue weighted by atomic mass is 10.2. The molecule has 2 rings (SSSR count). The highest BCUT2D eigenvalue weighted by Crippen LogP contribution is 2.37. The van der Waals surface area contributed by atoms with Gasteiger partial charge in [0.15, 0.2) is 0 Å². The molecule has 94 valence electrons. The van der Waals surface area contributed by atoms with Crippen molar-refractivity contribution in [3.63, 3.8) is 0 Å². The third-order valence-electron chi connectivity index (χ3n) is 3.41. The van der Waals surface area contributed by atoms with Gasteiger partial charge in [0.05, 0.1) is 0 Å². The summed E-state index contributed by atoms with van der Waals surface area (Å²) in [5.41, 5.74) is 0.958. The molecular weight excluding hydrogens is 234 g/mol. The zero-order valence-electron chi connectivity index (χ0n) is 10.8. The van der Waals surface area contributed by atoms with E-state index in [1.54, 1.807) is 0 Å². The SMILES string of the molecule is CCCc1nc(Cl)c(C)c(NCC2CC2C)n1. The van der Waals surface area contributed by atoms with Crippen LogP contribution in [0, 0.1) is 18.8 Å². The van der Waals surface area contributed by atoms with Gasteiger partial charge < -0.3 is 5.32 Å². The summed E-state index contributed by atoms with van der Waals surface area (Å²) >= 11 is 6.12. The molecule has 0 bridgehead atoms. The average Bonchev–Trinajstić information content (AvgIpc) is 2.98. The van der Waals surface area contributed by atoms with Crippen LogP contribution >= 0.6 is 11.6 Å². The molecular formula is C13H20ClN3. The van der Waals surface area contributed by atoms with Crippen molar-refractivity contribution in [2.24, 2.45) is 11.8 Å². The van der Waals surface area contributed by atoms with E-state index in [-0.39, 0.29) is 0 Å². The van der Waals surface area contributed by atoms with Crippen molar-refractivity contribution in [3.8, 4) is 0 Å². The number of nitrogens with one attached hydrogen (secondary N) is 1. The smallest absolute Gasteiger partial charge is 0.137 e. The van der Waals surface area contributed by atoms with Crippen LogP contribution in [-0.2, 0) is 6.42 Å². The minimum atomic E-state index is 0.579. The minimum Gasteiger partial charge on any atom is -0.369 e. The van der Waals surface area contributed by atoms with Gasteiger partial charge in [0, 0.05) is 18.5 Å². The maximum absolute atomic E-state index is 6.12. The lowest BCUT2D eigenvalue weighted by Crippen LogP contribution is -2.10. The van der Waals surface area contributed by atoms with Crippen LogP contribution in [0.25, 0.3) is 0 Å². The van der Waals surface area contributed by atoms with E-state index < -0.39 is 0 Å². The lowest BCUT2D eigenvalue weighted by Gasteiger charge is -2.10. The van der Waals surface area contributed by atoms with E-state index in [4.69, 9.17) is 11.6 Å². The number of aromatic nitrogens is 2. The van der Waals surface area contributed by atoms with Gasteiger partial charge in [-0.25, -0.2) is 9.97 Å². The Morgan fingerprint density at radius 3 is 2.71 bits per heavy atom. The van der Waals surface area contributed by atoms with E-state index in [1.165, 1.54) is 6.42 Å². The largest absolute Gasteiger partial charge is 0.369 e. The van der Waals surface area contributed by atoms with Crippen LogP contribution in [0.5, 0.6) is 0 Å². The van der Waals surface area contributed by atoms with Gasteiger partial charge in [-0.15, -0.1) is 0 Å². The van der Waals surface area contributed by atoms with E-state index in [0.717, 1.165) is 48.4 Å². The van der Waals surface area contributed by atoms with Crippen LogP contribution < -0.4 is 5.32 Å². The molecule has 2 atom stereocenters. The molecule has 2 unspecified atom stereocenters. The molecule has 0 amide bonds. The predicted octanol–water partition coefficient (Wildman–Crippen LogP) is 3.46. The van der Waals surface area contributed by atoms with Crippen LogP contribution in [0.2, 0.25) is 5.15 Å². The van der Waals surface area contributed by atoms with Crippen molar-refractivity contribution >= 4 is 17.4 Å². The van der Waals surface area contributed by atoms with Crippen LogP contribution in [0.3, 0.4) is 0 Å². The molecule has 4 heteroatoms. The second kappa shape index (κ2) is 5.21. The predicted molar refractivity (Wildman–Crippen MR) is 71.5 cm³/mol. The van der Waals surface area contributed by atoms with E-state index >= 15 is 0 Å². The van der Waals surface area contributed by atoms with Gasteiger partial charge in [-0.3, -0.25) is 0 Å². The first-order valence-electron chi connectivity index (χ1n) is 6.38. The fourth-order valence-corrected chi connectivity index (χ4v) is 2.14. The zero-order chi connectivity index (χ0) is 12.4.